The minimum absolute atomic E-state index is 0.381. The SMILES string of the molecule is CSCC[C@H](N=C=O)C(=O)O. The standard InChI is InChI=1S/C6H9NO3S/c1-11-3-2-5(6(9)10)7-4-8/h5H,2-3H2,1H3,(H,9,10)/t5-/m0/s1. The highest BCUT2D eigenvalue weighted by atomic mass is 32.2. The average molecular weight is 175 g/mol. The second-order valence-electron chi connectivity index (χ2n) is 1.86. The molecule has 0 radical (unpaired) electrons. The number of rotatable bonds is 5. The average Bonchev–Trinajstić information content (AvgIpc) is 1.97. The highest BCUT2D eigenvalue weighted by Gasteiger charge is 2.14. The first-order chi connectivity index (χ1) is 5.22. The van der Waals surface area contributed by atoms with E-state index in [1.165, 1.54) is 17.8 Å². The second-order valence-corrected chi connectivity index (χ2v) is 2.84. The number of thioether (sulfide) groups is 1. The van der Waals surface area contributed by atoms with Gasteiger partial charge in [0.1, 0.15) is 0 Å². The van der Waals surface area contributed by atoms with Gasteiger partial charge in [-0.15, -0.1) is 0 Å². The molecule has 0 aliphatic rings. The fourth-order valence-corrected chi connectivity index (χ4v) is 0.995. The first-order valence-electron chi connectivity index (χ1n) is 3.01. The Balaban J connectivity index is 3.89. The molecular formula is C6H9NO3S. The van der Waals surface area contributed by atoms with Crippen LogP contribution in [0.15, 0.2) is 4.99 Å². The van der Waals surface area contributed by atoms with Crippen molar-refractivity contribution in [3.63, 3.8) is 0 Å². The first kappa shape index (κ1) is 10.2. The van der Waals surface area contributed by atoms with Crippen LogP contribution in [-0.2, 0) is 9.59 Å². The molecule has 0 rings (SSSR count). The molecule has 62 valence electrons. The van der Waals surface area contributed by atoms with Crippen LogP contribution in [-0.4, -0.2) is 35.2 Å². The van der Waals surface area contributed by atoms with Crippen LogP contribution < -0.4 is 0 Å². The van der Waals surface area contributed by atoms with E-state index in [0.29, 0.717) is 12.2 Å². The van der Waals surface area contributed by atoms with E-state index in [0.717, 1.165) is 0 Å². The predicted molar refractivity (Wildman–Crippen MR) is 42.5 cm³/mol. The Morgan fingerprint density at radius 3 is 2.82 bits per heavy atom. The van der Waals surface area contributed by atoms with E-state index in [4.69, 9.17) is 5.11 Å². The van der Waals surface area contributed by atoms with Crippen molar-refractivity contribution in [2.24, 2.45) is 4.99 Å². The number of hydrogen-bond acceptors (Lipinski definition) is 4. The Kier molecular flexibility index (Phi) is 5.51. The normalized spacial score (nSPS) is 11.7. The summed E-state index contributed by atoms with van der Waals surface area (Å²) in [7, 11) is 0. The highest BCUT2D eigenvalue weighted by Crippen LogP contribution is 2.03. The molecule has 0 aromatic carbocycles. The van der Waals surface area contributed by atoms with E-state index in [1.54, 1.807) is 0 Å². The fraction of sp³-hybridized carbons (Fsp3) is 0.667. The Bertz CT molecular complexity index is 175. The summed E-state index contributed by atoms with van der Waals surface area (Å²) in [6, 6.07) is -0.917. The van der Waals surface area contributed by atoms with Crippen molar-refractivity contribution in [2.45, 2.75) is 12.5 Å². The Morgan fingerprint density at radius 2 is 2.45 bits per heavy atom. The second kappa shape index (κ2) is 5.95. The van der Waals surface area contributed by atoms with E-state index in [2.05, 4.69) is 4.99 Å². The van der Waals surface area contributed by atoms with E-state index in [9.17, 15) is 9.59 Å². The molecule has 1 atom stereocenters. The third-order valence-corrected chi connectivity index (χ3v) is 1.73. The summed E-state index contributed by atoms with van der Waals surface area (Å²) in [5.74, 6) is -0.385. The van der Waals surface area contributed by atoms with Gasteiger partial charge in [-0.1, -0.05) is 0 Å². The number of carbonyl (C=O) groups excluding carboxylic acids is 1. The zero-order valence-electron chi connectivity index (χ0n) is 6.11. The molecule has 1 N–H and O–H groups in total. The monoisotopic (exact) mass is 175 g/mol. The summed E-state index contributed by atoms with van der Waals surface area (Å²) < 4.78 is 0. The summed E-state index contributed by atoms with van der Waals surface area (Å²) in [5.41, 5.74) is 0. The third kappa shape index (κ3) is 4.58. The van der Waals surface area contributed by atoms with Crippen molar-refractivity contribution < 1.29 is 14.7 Å². The summed E-state index contributed by atoms with van der Waals surface area (Å²) in [4.78, 5) is 23.2. The van der Waals surface area contributed by atoms with Crippen molar-refractivity contribution in [2.75, 3.05) is 12.0 Å². The number of aliphatic carboxylic acids is 1. The van der Waals surface area contributed by atoms with Crippen LogP contribution >= 0.6 is 11.8 Å². The van der Waals surface area contributed by atoms with Gasteiger partial charge in [0.15, 0.2) is 6.04 Å². The minimum Gasteiger partial charge on any atom is -0.480 e. The van der Waals surface area contributed by atoms with E-state index in [1.807, 2.05) is 6.26 Å². The molecule has 0 saturated heterocycles. The van der Waals surface area contributed by atoms with Gasteiger partial charge in [-0.05, 0) is 18.4 Å². The van der Waals surface area contributed by atoms with Gasteiger partial charge >= 0.3 is 5.97 Å². The molecule has 4 nitrogen and oxygen atoms in total. The maximum atomic E-state index is 10.3. The van der Waals surface area contributed by atoms with Crippen molar-refractivity contribution in [1.29, 1.82) is 0 Å². The number of aliphatic imine (C=N–C) groups is 1. The quantitative estimate of drug-likeness (QED) is 0.489. The summed E-state index contributed by atoms with van der Waals surface area (Å²) in [5, 5.41) is 8.45. The van der Waals surface area contributed by atoms with Gasteiger partial charge in [0.05, 0.1) is 0 Å². The number of carboxylic acids is 1. The molecule has 0 heterocycles. The van der Waals surface area contributed by atoms with Crippen LogP contribution in [0.1, 0.15) is 6.42 Å². The molecule has 0 unspecified atom stereocenters. The molecule has 0 aliphatic carbocycles. The van der Waals surface area contributed by atoms with Gasteiger partial charge in [0, 0.05) is 0 Å². The lowest BCUT2D eigenvalue weighted by Crippen LogP contribution is -2.18. The fourth-order valence-electron chi connectivity index (χ4n) is 0.536. The van der Waals surface area contributed by atoms with Crippen LogP contribution in [0.5, 0.6) is 0 Å². The van der Waals surface area contributed by atoms with Gasteiger partial charge in [0.25, 0.3) is 0 Å². The molecule has 0 amide bonds. The van der Waals surface area contributed by atoms with E-state index < -0.39 is 12.0 Å². The van der Waals surface area contributed by atoms with Gasteiger partial charge in [0.2, 0.25) is 6.08 Å². The number of carboxylic acid groups (broad SMARTS) is 1. The zero-order chi connectivity index (χ0) is 8.69. The number of isocyanates is 1. The number of nitrogens with zero attached hydrogens (tertiary/aromatic N) is 1. The first-order valence-corrected chi connectivity index (χ1v) is 4.40. The Hall–Kier alpha value is -0.800. The molecule has 0 bridgehead atoms. The molecule has 0 aliphatic heterocycles. The molecule has 11 heavy (non-hydrogen) atoms. The smallest absolute Gasteiger partial charge is 0.329 e. The molecule has 0 aromatic heterocycles. The minimum atomic E-state index is -1.07. The maximum absolute atomic E-state index is 10.3. The number of hydrogen-bond donors (Lipinski definition) is 1. The summed E-state index contributed by atoms with van der Waals surface area (Å²) >= 11 is 1.52. The van der Waals surface area contributed by atoms with Gasteiger partial charge < -0.3 is 5.11 Å². The molecular weight excluding hydrogens is 166 g/mol. The Labute approximate surface area is 68.7 Å². The van der Waals surface area contributed by atoms with Gasteiger partial charge in [-0.3, -0.25) is 0 Å². The Morgan fingerprint density at radius 1 is 1.82 bits per heavy atom. The van der Waals surface area contributed by atoms with Crippen LogP contribution in [0.4, 0.5) is 0 Å². The van der Waals surface area contributed by atoms with E-state index in [-0.39, 0.29) is 0 Å². The lowest BCUT2D eigenvalue weighted by molar-refractivity contribution is -0.138. The van der Waals surface area contributed by atoms with Crippen LogP contribution in [0.3, 0.4) is 0 Å². The van der Waals surface area contributed by atoms with Crippen molar-refractivity contribution in [1.82, 2.24) is 0 Å². The van der Waals surface area contributed by atoms with Crippen LogP contribution in [0.25, 0.3) is 0 Å². The van der Waals surface area contributed by atoms with E-state index >= 15 is 0 Å². The van der Waals surface area contributed by atoms with Gasteiger partial charge in [-0.2, -0.15) is 16.8 Å². The van der Waals surface area contributed by atoms with Gasteiger partial charge in [-0.25, -0.2) is 9.59 Å². The van der Waals surface area contributed by atoms with Crippen LogP contribution in [0.2, 0.25) is 0 Å². The van der Waals surface area contributed by atoms with Crippen molar-refractivity contribution >= 4 is 23.8 Å². The topological polar surface area (TPSA) is 66.7 Å². The van der Waals surface area contributed by atoms with Crippen LogP contribution in [0, 0.1) is 0 Å². The molecule has 0 spiro atoms. The lowest BCUT2D eigenvalue weighted by Gasteiger charge is -2.01. The maximum Gasteiger partial charge on any atom is 0.329 e. The summed E-state index contributed by atoms with van der Waals surface area (Å²) in [6.45, 7) is 0. The number of carbonyl (C=O) groups is 1. The molecule has 0 aromatic rings. The predicted octanol–water partition coefficient (Wildman–Crippen LogP) is 0.528. The lowest BCUT2D eigenvalue weighted by atomic mass is 10.2. The summed E-state index contributed by atoms with van der Waals surface area (Å²) in [6.07, 6.45) is 3.49. The molecule has 0 fully saturated rings. The molecule has 5 heteroatoms. The zero-order valence-corrected chi connectivity index (χ0v) is 6.93. The highest BCUT2D eigenvalue weighted by molar-refractivity contribution is 7.98. The van der Waals surface area contributed by atoms with Crippen molar-refractivity contribution in [3.05, 3.63) is 0 Å². The third-order valence-electron chi connectivity index (χ3n) is 1.09. The van der Waals surface area contributed by atoms with Crippen molar-refractivity contribution in [3.8, 4) is 0 Å². The molecule has 0 saturated carbocycles. The largest absolute Gasteiger partial charge is 0.480 e.